The summed E-state index contributed by atoms with van der Waals surface area (Å²) in [5.41, 5.74) is 8.31. The third-order valence-electron chi connectivity index (χ3n) is 8.09. The Morgan fingerprint density at radius 1 is 1.00 bits per heavy atom. The maximum atomic E-state index is 12.6. The topological polar surface area (TPSA) is 50.7 Å². The normalized spacial score (nSPS) is 28.1. The number of amides is 1. The summed E-state index contributed by atoms with van der Waals surface area (Å²) < 4.78 is 5.95. The zero-order chi connectivity index (χ0) is 23.0. The van der Waals surface area contributed by atoms with Crippen LogP contribution in [0.5, 0.6) is 5.75 Å². The van der Waals surface area contributed by atoms with E-state index in [2.05, 4.69) is 43.4 Å². The van der Waals surface area contributed by atoms with Gasteiger partial charge in [-0.05, 0) is 118 Å². The number of nitrogens with zero attached hydrogens (tertiary/aromatic N) is 1. The number of hydrogen-bond donors (Lipinski definition) is 1. The molecule has 0 atom stereocenters. The van der Waals surface area contributed by atoms with Gasteiger partial charge in [0.25, 0.3) is 5.91 Å². The molecular formula is C29H36N2O2. The summed E-state index contributed by atoms with van der Waals surface area (Å²) in [5, 5.41) is 4.48. The lowest BCUT2D eigenvalue weighted by Crippen LogP contribution is -2.46. The van der Waals surface area contributed by atoms with Crippen molar-refractivity contribution >= 4 is 11.6 Å². The second-order valence-corrected chi connectivity index (χ2v) is 11.1. The highest BCUT2D eigenvalue weighted by atomic mass is 16.5. The summed E-state index contributed by atoms with van der Waals surface area (Å²) in [6, 6.07) is 13.8. The lowest BCUT2D eigenvalue weighted by Gasteiger charge is -2.57. The summed E-state index contributed by atoms with van der Waals surface area (Å²) in [5.74, 6) is 3.57. The summed E-state index contributed by atoms with van der Waals surface area (Å²) in [6.45, 7) is 6.69. The predicted molar refractivity (Wildman–Crippen MR) is 132 cm³/mol. The van der Waals surface area contributed by atoms with E-state index in [1.807, 2.05) is 30.3 Å². The van der Waals surface area contributed by atoms with E-state index < -0.39 is 0 Å². The van der Waals surface area contributed by atoms with Crippen molar-refractivity contribution in [1.82, 2.24) is 5.43 Å². The van der Waals surface area contributed by atoms with Gasteiger partial charge in [0.05, 0.1) is 0 Å². The average molecular weight is 445 g/mol. The van der Waals surface area contributed by atoms with Crippen LogP contribution < -0.4 is 10.2 Å². The molecule has 4 aliphatic rings. The number of hydrazone groups is 1. The molecule has 174 valence electrons. The van der Waals surface area contributed by atoms with Crippen LogP contribution >= 0.6 is 0 Å². The van der Waals surface area contributed by atoms with Crippen LogP contribution in [-0.4, -0.2) is 11.6 Å². The fraction of sp³-hybridized carbons (Fsp3) is 0.517. The Morgan fingerprint density at radius 2 is 1.64 bits per heavy atom. The van der Waals surface area contributed by atoms with Crippen LogP contribution in [-0.2, 0) is 6.61 Å². The highest BCUT2D eigenvalue weighted by molar-refractivity contribution is 5.95. The molecule has 0 saturated heterocycles. The molecule has 0 aliphatic heterocycles. The molecule has 4 fully saturated rings. The van der Waals surface area contributed by atoms with Crippen LogP contribution in [0.25, 0.3) is 0 Å². The Bertz CT molecular complexity index is 1020. The van der Waals surface area contributed by atoms with Crippen molar-refractivity contribution in [3.63, 3.8) is 0 Å². The maximum Gasteiger partial charge on any atom is 0.271 e. The molecule has 2 aromatic rings. The van der Waals surface area contributed by atoms with E-state index in [1.165, 1.54) is 44.1 Å². The smallest absolute Gasteiger partial charge is 0.271 e. The van der Waals surface area contributed by atoms with Crippen molar-refractivity contribution in [2.75, 3.05) is 0 Å². The van der Waals surface area contributed by atoms with Gasteiger partial charge in [0.15, 0.2) is 0 Å². The summed E-state index contributed by atoms with van der Waals surface area (Å²) in [7, 11) is 0. The van der Waals surface area contributed by atoms with Gasteiger partial charge in [-0.25, -0.2) is 5.43 Å². The summed E-state index contributed by atoms with van der Waals surface area (Å²) >= 11 is 0. The number of ether oxygens (including phenoxy) is 1. The zero-order valence-electron chi connectivity index (χ0n) is 20.2. The molecule has 1 amide bonds. The third kappa shape index (κ3) is 5.00. The minimum absolute atomic E-state index is 0.151. The van der Waals surface area contributed by atoms with E-state index in [1.54, 1.807) is 0 Å². The maximum absolute atomic E-state index is 12.6. The first-order valence-electron chi connectivity index (χ1n) is 12.5. The lowest BCUT2D eigenvalue weighted by atomic mass is 9.48. The van der Waals surface area contributed by atoms with Gasteiger partial charge < -0.3 is 4.74 Å². The van der Waals surface area contributed by atoms with Crippen LogP contribution in [0.15, 0.2) is 47.6 Å². The van der Waals surface area contributed by atoms with Crippen molar-refractivity contribution in [3.8, 4) is 5.75 Å². The lowest BCUT2D eigenvalue weighted by molar-refractivity contribution is -0.0482. The molecule has 33 heavy (non-hydrogen) atoms. The molecule has 4 bridgehead atoms. The SMILES string of the molecule is C/C(CC12CC3CC(CC(C3)C1)C2)=N/NC(=O)c1ccc(COc2ccc(C)cc2C)cc1. The second kappa shape index (κ2) is 8.96. The highest BCUT2D eigenvalue weighted by Crippen LogP contribution is 2.61. The van der Waals surface area contributed by atoms with Gasteiger partial charge in [0.2, 0.25) is 0 Å². The molecule has 4 heteroatoms. The number of benzene rings is 2. The number of nitrogens with one attached hydrogen (secondary N) is 1. The van der Waals surface area contributed by atoms with Gasteiger partial charge >= 0.3 is 0 Å². The minimum Gasteiger partial charge on any atom is -0.489 e. The quantitative estimate of drug-likeness (QED) is 0.387. The molecule has 1 N–H and O–H groups in total. The number of aryl methyl sites for hydroxylation is 2. The first-order chi connectivity index (χ1) is 15.9. The Morgan fingerprint density at radius 3 is 2.24 bits per heavy atom. The number of hydrogen-bond acceptors (Lipinski definition) is 3. The molecule has 0 radical (unpaired) electrons. The van der Waals surface area contributed by atoms with E-state index in [9.17, 15) is 4.79 Å². The Hall–Kier alpha value is -2.62. The fourth-order valence-electron chi connectivity index (χ4n) is 7.17. The van der Waals surface area contributed by atoms with Gasteiger partial charge in [-0.15, -0.1) is 0 Å². The van der Waals surface area contributed by atoms with Crippen molar-refractivity contribution in [3.05, 3.63) is 64.7 Å². The first-order valence-corrected chi connectivity index (χ1v) is 12.5. The number of rotatable bonds is 7. The van der Waals surface area contributed by atoms with Gasteiger partial charge in [-0.3, -0.25) is 4.79 Å². The van der Waals surface area contributed by atoms with E-state index in [0.29, 0.717) is 17.6 Å². The molecule has 4 saturated carbocycles. The predicted octanol–water partition coefficient (Wildman–Crippen LogP) is 6.59. The van der Waals surface area contributed by atoms with E-state index in [0.717, 1.165) is 46.8 Å². The fourth-order valence-corrected chi connectivity index (χ4v) is 7.17. The van der Waals surface area contributed by atoms with Crippen LogP contribution in [0.4, 0.5) is 0 Å². The number of carbonyl (C=O) groups is 1. The van der Waals surface area contributed by atoms with Crippen molar-refractivity contribution in [2.24, 2.45) is 28.3 Å². The molecule has 0 heterocycles. The molecule has 0 unspecified atom stereocenters. The molecule has 2 aromatic carbocycles. The molecule has 0 spiro atoms. The van der Waals surface area contributed by atoms with Gasteiger partial charge in [-0.1, -0.05) is 29.8 Å². The van der Waals surface area contributed by atoms with E-state index in [-0.39, 0.29) is 5.91 Å². The molecule has 6 rings (SSSR count). The standard InChI is InChI=1S/C29H36N2O2/c1-19-4-9-27(20(2)10-19)33-18-22-5-7-26(8-6-22)28(32)31-30-21(3)14-29-15-23-11-24(16-29)13-25(12-23)17-29/h4-10,23-25H,11-18H2,1-3H3,(H,31,32)/b30-21-. The number of carbonyl (C=O) groups excluding carboxylic acids is 1. The largest absolute Gasteiger partial charge is 0.489 e. The van der Waals surface area contributed by atoms with Gasteiger partial charge in [-0.2, -0.15) is 5.10 Å². The van der Waals surface area contributed by atoms with Gasteiger partial charge in [0, 0.05) is 11.3 Å². The molecule has 0 aromatic heterocycles. The average Bonchev–Trinajstić information content (AvgIpc) is 2.76. The Kier molecular flexibility index (Phi) is 6.03. The Balaban J connectivity index is 1.14. The van der Waals surface area contributed by atoms with Crippen molar-refractivity contribution < 1.29 is 9.53 Å². The van der Waals surface area contributed by atoms with E-state index in [4.69, 9.17) is 4.74 Å². The monoisotopic (exact) mass is 444 g/mol. The molecule has 4 aliphatic carbocycles. The minimum atomic E-state index is -0.151. The van der Waals surface area contributed by atoms with Crippen molar-refractivity contribution in [2.45, 2.75) is 72.3 Å². The first kappa shape index (κ1) is 22.2. The summed E-state index contributed by atoms with van der Waals surface area (Å²) in [4.78, 5) is 12.6. The molecule has 4 nitrogen and oxygen atoms in total. The van der Waals surface area contributed by atoms with E-state index >= 15 is 0 Å². The van der Waals surface area contributed by atoms with Crippen LogP contribution in [0.2, 0.25) is 0 Å². The third-order valence-corrected chi connectivity index (χ3v) is 8.09. The zero-order valence-corrected chi connectivity index (χ0v) is 20.2. The van der Waals surface area contributed by atoms with Crippen LogP contribution in [0.3, 0.4) is 0 Å². The highest BCUT2D eigenvalue weighted by Gasteiger charge is 2.50. The second-order valence-electron chi connectivity index (χ2n) is 11.1. The van der Waals surface area contributed by atoms with Crippen molar-refractivity contribution in [1.29, 1.82) is 0 Å². The Labute approximate surface area is 197 Å². The summed E-state index contributed by atoms with van der Waals surface area (Å²) in [6.07, 6.45) is 9.50. The molecular weight excluding hydrogens is 408 g/mol. The van der Waals surface area contributed by atoms with Crippen LogP contribution in [0.1, 0.15) is 78.9 Å². The van der Waals surface area contributed by atoms with Gasteiger partial charge in [0.1, 0.15) is 12.4 Å². The van der Waals surface area contributed by atoms with Crippen LogP contribution in [0, 0.1) is 37.0 Å².